The fourth-order valence-corrected chi connectivity index (χ4v) is 2.91. The third kappa shape index (κ3) is 7.22. The van der Waals surface area contributed by atoms with Gasteiger partial charge >= 0.3 is 12.4 Å². The predicted molar refractivity (Wildman–Crippen MR) is 109 cm³/mol. The number of hydrogen-bond acceptors (Lipinski definition) is 6. The number of methoxy groups -OCH3 is 3. The molecule has 0 saturated heterocycles. The molecule has 12 heteroatoms. The molecule has 186 valence electrons. The van der Waals surface area contributed by atoms with Crippen molar-refractivity contribution >= 4 is 11.9 Å². The molecular formula is C22H20F6O6. The molecule has 0 aliphatic rings. The molecule has 0 fully saturated rings. The van der Waals surface area contributed by atoms with Crippen LogP contribution in [0.4, 0.5) is 26.3 Å². The number of ether oxygens (including phenoxy) is 5. The highest BCUT2D eigenvalue weighted by atomic mass is 19.4. The number of halogens is 6. The van der Waals surface area contributed by atoms with Gasteiger partial charge in [-0.05, 0) is 47.5 Å². The van der Waals surface area contributed by atoms with E-state index in [-0.39, 0.29) is 45.4 Å². The van der Waals surface area contributed by atoms with Gasteiger partial charge in [0.1, 0.15) is 17.8 Å². The number of aldehydes is 1. The molecule has 0 aliphatic carbocycles. The maximum atomic E-state index is 12.8. The van der Waals surface area contributed by atoms with Crippen LogP contribution in [0.1, 0.15) is 11.1 Å². The van der Waals surface area contributed by atoms with E-state index < -0.39 is 25.6 Å². The third-order valence-corrected chi connectivity index (χ3v) is 4.25. The molecule has 2 aromatic carbocycles. The highest BCUT2D eigenvalue weighted by Gasteiger charge is 2.30. The first-order valence-corrected chi connectivity index (χ1v) is 9.41. The van der Waals surface area contributed by atoms with E-state index in [1.807, 2.05) is 0 Å². The molecule has 0 aliphatic heterocycles. The lowest BCUT2D eigenvalue weighted by Gasteiger charge is -2.19. The summed E-state index contributed by atoms with van der Waals surface area (Å²) in [4.78, 5) is 11.4. The van der Waals surface area contributed by atoms with Crippen molar-refractivity contribution in [3.8, 4) is 28.7 Å². The van der Waals surface area contributed by atoms with Crippen molar-refractivity contribution < 1.29 is 54.8 Å². The van der Waals surface area contributed by atoms with Crippen LogP contribution in [0.2, 0.25) is 0 Å². The van der Waals surface area contributed by atoms with Gasteiger partial charge in [0.15, 0.2) is 24.7 Å². The van der Waals surface area contributed by atoms with Gasteiger partial charge in [0, 0.05) is 5.56 Å². The maximum absolute atomic E-state index is 12.8. The number of alkyl halides is 6. The van der Waals surface area contributed by atoms with Crippen molar-refractivity contribution in [3.63, 3.8) is 0 Å². The van der Waals surface area contributed by atoms with Gasteiger partial charge in [-0.1, -0.05) is 0 Å². The Balaban J connectivity index is 2.67. The van der Waals surface area contributed by atoms with Crippen LogP contribution in [-0.4, -0.2) is 53.2 Å². The number of allylic oxidation sites excluding steroid dienone is 1. The first-order valence-electron chi connectivity index (χ1n) is 9.41. The predicted octanol–water partition coefficient (Wildman–Crippen LogP) is 5.23. The van der Waals surface area contributed by atoms with Crippen LogP contribution in [0.5, 0.6) is 28.7 Å². The van der Waals surface area contributed by atoms with E-state index in [0.29, 0.717) is 6.29 Å². The van der Waals surface area contributed by atoms with Crippen molar-refractivity contribution in [1.29, 1.82) is 0 Å². The smallest absolute Gasteiger partial charge is 0.422 e. The van der Waals surface area contributed by atoms with E-state index in [1.165, 1.54) is 33.5 Å². The Kier molecular flexibility index (Phi) is 8.66. The first kappa shape index (κ1) is 26.7. The molecule has 0 atom stereocenters. The zero-order chi connectivity index (χ0) is 25.5. The molecule has 0 aromatic heterocycles. The first-order chi connectivity index (χ1) is 15.9. The van der Waals surface area contributed by atoms with Crippen molar-refractivity contribution in [2.45, 2.75) is 12.4 Å². The minimum atomic E-state index is -4.69. The minimum Gasteiger partial charge on any atom is -0.493 e. The van der Waals surface area contributed by atoms with Crippen LogP contribution in [0.3, 0.4) is 0 Å². The number of carbonyl (C=O) groups is 1. The molecule has 34 heavy (non-hydrogen) atoms. The van der Waals surface area contributed by atoms with E-state index >= 15 is 0 Å². The standard InChI is InChI=1S/C22H20F6O6/c1-30-18-8-13(9-19(31-2)20(18)32-3)15(6-7-29)16-10-14(33-11-21(23,24)25)4-5-17(16)34-12-22(26,27)28/h4-10H,11-12H2,1-3H3. The number of carbonyl (C=O) groups excluding carboxylic acids is 1. The van der Waals surface area contributed by atoms with Crippen molar-refractivity contribution in [2.75, 3.05) is 34.5 Å². The average molecular weight is 494 g/mol. The molecule has 0 saturated carbocycles. The Morgan fingerprint density at radius 1 is 0.794 bits per heavy atom. The number of rotatable bonds is 10. The minimum absolute atomic E-state index is 0.00360. The lowest BCUT2D eigenvalue weighted by molar-refractivity contribution is -0.154. The van der Waals surface area contributed by atoms with Gasteiger partial charge < -0.3 is 23.7 Å². The normalized spacial score (nSPS) is 12.2. The zero-order valence-corrected chi connectivity index (χ0v) is 18.2. The Morgan fingerprint density at radius 3 is 1.82 bits per heavy atom. The number of hydrogen-bond donors (Lipinski definition) is 0. The fraction of sp³-hybridized carbons (Fsp3) is 0.318. The van der Waals surface area contributed by atoms with Crippen molar-refractivity contribution in [2.24, 2.45) is 0 Å². The van der Waals surface area contributed by atoms with Crippen LogP contribution in [0, 0.1) is 0 Å². The van der Waals surface area contributed by atoms with Gasteiger partial charge in [-0.15, -0.1) is 0 Å². The molecule has 6 nitrogen and oxygen atoms in total. The van der Waals surface area contributed by atoms with Crippen molar-refractivity contribution in [1.82, 2.24) is 0 Å². The second-order valence-corrected chi connectivity index (χ2v) is 6.60. The SMILES string of the molecule is COc1cc(C(=CC=O)c2cc(OCC(F)(F)F)ccc2OCC(F)(F)F)cc(OC)c1OC. The summed E-state index contributed by atoms with van der Waals surface area (Å²) in [5.74, 6) is -0.128. The summed E-state index contributed by atoms with van der Waals surface area (Å²) >= 11 is 0. The molecule has 0 heterocycles. The Morgan fingerprint density at radius 2 is 1.35 bits per heavy atom. The lowest BCUT2D eigenvalue weighted by Crippen LogP contribution is -2.20. The molecule has 0 unspecified atom stereocenters. The topological polar surface area (TPSA) is 63.2 Å². The van der Waals surface area contributed by atoms with Crippen LogP contribution < -0.4 is 23.7 Å². The summed E-state index contributed by atoms with van der Waals surface area (Å²) in [6.07, 6.45) is -7.98. The molecule has 0 bridgehead atoms. The Bertz CT molecular complexity index is 1000. The molecule has 2 aromatic rings. The number of benzene rings is 2. The highest BCUT2D eigenvalue weighted by Crippen LogP contribution is 2.43. The fourth-order valence-electron chi connectivity index (χ4n) is 2.91. The summed E-state index contributed by atoms with van der Waals surface area (Å²) in [7, 11) is 4.01. The van der Waals surface area contributed by atoms with E-state index in [9.17, 15) is 31.1 Å². The van der Waals surface area contributed by atoms with Gasteiger partial charge in [0.2, 0.25) is 5.75 Å². The molecular weight excluding hydrogens is 474 g/mol. The van der Waals surface area contributed by atoms with Crippen LogP contribution in [0.15, 0.2) is 36.4 Å². The van der Waals surface area contributed by atoms with E-state index in [4.69, 9.17) is 23.7 Å². The molecule has 0 N–H and O–H groups in total. The van der Waals surface area contributed by atoms with Gasteiger partial charge in [0.05, 0.1) is 21.3 Å². The van der Waals surface area contributed by atoms with Gasteiger partial charge in [-0.25, -0.2) is 0 Å². The van der Waals surface area contributed by atoms with Crippen molar-refractivity contribution in [3.05, 3.63) is 47.5 Å². The second kappa shape index (κ2) is 11.0. The van der Waals surface area contributed by atoms with Crippen LogP contribution >= 0.6 is 0 Å². The second-order valence-electron chi connectivity index (χ2n) is 6.60. The monoisotopic (exact) mass is 494 g/mol. The summed E-state index contributed by atoms with van der Waals surface area (Å²) in [5.41, 5.74) is 0.0839. The van der Waals surface area contributed by atoms with E-state index in [2.05, 4.69) is 0 Å². The van der Waals surface area contributed by atoms with Gasteiger partial charge in [0.25, 0.3) is 0 Å². The highest BCUT2D eigenvalue weighted by molar-refractivity contribution is 5.92. The van der Waals surface area contributed by atoms with Gasteiger partial charge in [-0.2, -0.15) is 26.3 Å². The Labute approximate surface area is 190 Å². The molecule has 0 amide bonds. The lowest BCUT2D eigenvalue weighted by atomic mass is 9.95. The van der Waals surface area contributed by atoms with Crippen LogP contribution in [-0.2, 0) is 4.79 Å². The summed E-state index contributed by atoms with van der Waals surface area (Å²) in [6, 6.07) is 5.90. The summed E-state index contributed by atoms with van der Waals surface area (Å²) in [5, 5.41) is 0. The largest absolute Gasteiger partial charge is 0.493 e. The zero-order valence-electron chi connectivity index (χ0n) is 18.2. The van der Waals surface area contributed by atoms with Crippen LogP contribution in [0.25, 0.3) is 5.57 Å². The average Bonchev–Trinajstić information content (AvgIpc) is 2.78. The summed E-state index contributed by atoms with van der Waals surface area (Å²) in [6.45, 7) is -3.31. The van der Waals surface area contributed by atoms with Gasteiger partial charge in [-0.3, -0.25) is 4.79 Å². The molecule has 2 rings (SSSR count). The van der Waals surface area contributed by atoms with E-state index in [0.717, 1.165) is 24.3 Å². The quantitative estimate of drug-likeness (QED) is 0.256. The Hall–Kier alpha value is -3.57. The molecule has 0 spiro atoms. The molecule has 0 radical (unpaired) electrons. The van der Waals surface area contributed by atoms with E-state index in [1.54, 1.807) is 0 Å². The maximum Gasteiger partial charge on any atom is 0.422 e. The third-order valence-electron chi connectivity index (χ3n) is 4.25. The summed E-state index contributed by atoms with van der Waals surface area (Å²) < 4.78 is 101.